The van der Waals surface area contributed by atoms with Gasteiger partial charge in [-0.3, -0.25) is 4.79 Å². The fourth-order valence-electron chi connectivity index (χ4n) is 3.57. The van der Waals surface area contributed by atoms with Gasteiger partial charge in [-0.05, 0) is 55.4 Å². The van der Waals surface area contributed by atoms with E-state index in [1.165, 1.54) is 22.6 Å². The summed E-state index contributed by atoms with van der Waals surface area (Å²) < 4.78 is 27.4. The third-order valence-electron chi connectivity index (χ3n) is 4.93. The van der Waals surface area contributed by atoms with Crippen molar-refractivity contribution < 1.29 is 8.42 Å². The van der Waals surface area contributed by atoms with Gasteiger partial charge in [0.15, 0.2) is 0 Å². The Bertz CT molecular complexity index is 950. The number of rotatable bonds is 2. The van der Waals surface area contributed by atoms with E-state index >= 15 is 0 Å². The molecule has 0 amide bonds. The quantitative estimate of drug-likeness (QED) is 0.892. The van der Waals surface area contributed by atoms with Gasteiger partial charge in [0.25, 0.3) is 5.56 Å². The molecule has 0 radical (unpaired) electrons. The molecule has 1 aromatic carbocycles. The number of hydrogen-bond donors (Lipinski definition) is 1. The van der Waals surface area contributed by atoms with Crippen LogP contribution < -0.4 is 5.56 Å². The van der Waals surface area contributed by atoms with Crippen LogP contribution in [0.2, 0.25) is 0 Å². The Balaban J connectivity index is 1.67. The fourth-order valence-corrected chi connectivity index (χ4v) is 5.02. The van der Waals surface area contributed by atoms with Gasteiger partial charge >= 0.3 is 0 Å². The highest BCUT2D eigenvalue weighted by Crippen LogP contribution is 2.27. The van der Waals surface area contributed by atoms with Gasteiger partial charge in [-0.1, -0.05) is 6.07 Å². The number of nitrogens with one attached hydrogen (secondary N) is 1. The summed E-state index contributed by atoms with van der Waals surface area (Å²) in [4.78, 5) is 18.8. The fraction of sp³-hybridized carbons (Fsp3) is 0.412. The molecule has 4 rings (SSSR count). The Kier molecular flexibility index (Phi) is 3.77. The number of H-pyrrole nitrogens is 1. The maximum atomic E-state index is 13.0. The Morgan fingerprint density at radius 2 is 1.88 bits per heavy atom. The largest absolute Gasteiger partial charge is 0.313 e. The molecule has 0 unspecified atom stereocenters. The van der Waals surface area contributed by atoms with Crippen LogP contribution in [0.5, 0.6) is 0 Å². The van der Waals surface area contributed by atoms with Crippen molar-refractivity contribution in [2.45, 2.75) is 43.5 Å². The average molecular weight is 345 g/mol. The highest BCUT2D eigenvalue weighted by molar-refractivity contribution is 7.89. The Labute approximate surface area is 140 Å². The molecule has 2 heterocycles. The highest BCUT2D eigenvalue weighted by atomic mass is 32.2. The van der Waals surface area contributed by atoms with E-state index in [0.717, 1.165) is 24.8 Å². The Hall–Kier alpha value is -1.99. The van der Waals surface area contributed by atoms with Crippen molar-refractivity contribution in [2.75, 3.05) is 6.54 Å². The normalized spacial score (nSPS) is 18.0. The number of nitrogens with zero attached hydrogens (tertiary/aromatic N) is 2. The van der Waals surface area contributed by atoms with Crippen molar-refractivity contribution in [3.8, 4) is 0 Å². The molecular formula is C17H19N3O3S. The van der Waals surface area contributed by atoms with Crippen molar-refractivity contribution in [2.24, 2.45) is 0 Å². The zero-order valence-electron chi connectivity index (χ0n) is 13.3. The summed E-state index contributed by atoms with van der Waals surface area (Å²) in [5.41, 5.74) is 3.37. The van der Waals surface area contributed by atoms with Crippen LogP contribution in [0, 0.1) is 0 Å². The summed E-state index contributed by atoms with van der Waals surface area (Å²) in [6.07, 6.45) is 5.97. The summed E-state index contributed by atoms with van der Waals surface area (Å²) in [5, 5.41) is 0. The molecule has 24 heavy (non-hydrogen) atoms. The van der Waals surface area contributed by atoms with Crippen LogP contribution in [0.25, 0.3) is 0 Å². The number of benzene rings is 1. The van der Waals surface area contributed by atoms with Gasteiger partial charge in [-0.15, -0.1) is 0 Å². The van der Waals surface area contributed by atoms with Crippen molar-refractivity contribution >= 4 is 10.0 Å². The average Bonchev–Trinajstić information content (AvgIpc) is 2.61. The molecule has 1 aliphatic heterocycles. The van der Waals surface area contributed by atoms with Gasteiger partial charge in [0.2, 0.25) is 10.0 Å². The van der Waals surface area contributed by atoms with E-state index in [0.29, 0.717) is 29.1 Å². The molecule has 0 saturated heterocycles. The van der Waals surface area contributed by atoms with E-state index in [4.69, 9.17) is 0 Å². The summed E-state index contributed by atoms with van der Waals surface area (Å²) in [5.74, 6) is 0. The van der Waals surface area contributed by atoms with Crippen LogP contribution in [0.3, 0.4) is 0 Å². The van der Waals surface area contributed by atoms with Gasteiger partial charge in [0, 0.05) is 12.1 Å². The summed E-state index contributed by atoms with van der Waals surface area (Å²) in [6.45, 7) is 0.458. The topological polar surface area (TPSA) is 83.1 Å². The minimum absolute atomic E-state index is 0.151. The number of aromatic nitrogens is 2. The summed E-state index contributed by atoms with van der Waals surface area (Å²) in [7, 11) is -3.57. The molecule has 0 fully saturated rings. The lowest BCUT2D eigenvalue weighted by Gasteiger charge is -2.27. The number of hydrogen-bond acceptors (Lipinski definition) is 4. The third kappa shape index (κ3) is 2.57. The van der Waals surface area contributed by atoms with Crippen LogP contribution in [0.1, 0.15) is 35.2 Å². The van der Waals surface area contributed by atoms with E-state index in [1.807, 2.05) is 12.1 Å². The van der Waals surface area contributed by atoms with Gasteiger partial charge in [-0.2, -0.15) is 4.31 Å². The molecule has 6 nitrogen and oxygen atoms in total. The van der Waals surface area contributed by atoms with E-state index in [-0.39, 0.29) is 12.1 Å². The number of aryl methyl sites for hydroxylation is 2. The van der Waals surface area contributed by atoms with Crippen molar-refractivity contribution in [1.82, 2.24) is 14.3 Å². The van der Waals surface area contributed by atoms with Crippen LogP contribution in [-0.2, 0) is 35.8 Å². The lowest BCUT2D eigenvalue weighted by Crippen LogP contribution is -2.38. The van der Waals surface area contributed by atoms with Gasteiger partial charge in [0.05, 0.1) is 23.5 Å². The zero-order valence-corrected chi connectivity index (χ0v) is 14.1. The molecule has 0 bridgehead atoms. The monoisotopic (exact) mass is 345 g/mol. The molecule has 1 aromatic heterocycles. The smallest absolute Gasteiger partial charge is 0.254 e. The SMILES string of the molecule is O=c1[nH]cnc2c1CCN(S(=O)(=O)c1ccc3c(c1)CCCC3)C2. The predicted molar refractivity (Wildman–Crippen MR) is 89.2 cm³/mol. The second kappa shape index (κ2) is 5.82. The molecule has 0 atom stereocenters. The molecule has 0 saturated carbocycles. The minimum atomic E-state index is -3.57. The third-order valence-corrected chi connectivity index (χ3v) is 6.77. The standard InChI is InChI=1S/C17H19N3O3S/c21-17-15-7-8-20(10-16(15)18-11-19-17)24(22,23)14-6-5-12-3-1-2-4-13(12)9-14/h5-6,9,11H,1-4,7-8,10H2,(H,18,19,21). The number of aromatic amines is 1. The van der Waals surface area contributed by atoms with Crippen molar-refractivity contribution in [3.05, 3.63) is 57.3 Å². The lowest BCUT2D eigenvalue weighted by molar-refractivity contribution is 0.383. The lowest BCUT2D eigenvalue weighted by atomic mass is 9.92. The van der Waals surface area contributed by atoms with E-state index in [9.17, 15) is 13.2 Å². The van der Waals surface area contributed by atoms with Gasteiger partial charge in [-0.25, -0.2) is 13.4 Å². The predicted octanol–water partition coefficient (Wildman–Crippen LogP) is 1.40. The first-order valence-corrected chi connectivity index (χ1v) is 9.67. The Morgan fingerprint density at radius 3 is 2.71 bits per heavy atom. The first kappa shape index (κ1) is 15.5. The molecule has 0 spiro atoms. The van der Waals surface area contributed by atoms with Gasteiger partial charge < -0.3 is 4.98 Å². The van der Waals surface area contributed by atoms with E-state index < -0.39 is 10.0 Å². The molecule has 2 aromatic rings. The van der Waals surface area contributed by atoms with Crippen LogP contribution in [0.15, 0.2) is 34.2 Å². The molecule has 126 valence electrons. The van der Waals surface area contributed by atoms with Crippen molar-refractivity contribution in [3.63, 3.8) is 0 Å². The summed E-state index contributed by atoms with van der Waals surface area (Å²) in [6, 6.07) is 5.48. The number of sulfonamides is 1. The second-order valence-corrected chi connectivity index (χ2v) is 8.32. The van der Waals surface area contributed by atoms with Crippen LogP contribution in [-0.4, -0.2) is 29.2 Å². The Morgan fingerprint density at radius 1 is 1.08 bits per heavy atom. The molecule has 1 N–H and O–H groups in total. The van der Waals surface area contributed by atoms with Crippen molar-refractivity contribution in [1.29, 1.82) is 0 Å². The second-order valence-electron chi connectivity index (χ2n) is 6.38. The molecule has 1 aliphatic carbocycles. The van der Waals surface area contributed by atoms with Gasteiger partial charge in [0.1, 0.15) is 0 Å². The summed E-state index contributed by atoms with van der Waals surface area (Å²) >= 11 is 0. The maximum absolute atomic E-state index is 13.0. The van der Waals surface area contributed by atoms with Crippen LogP contribution >= 0.6 is 0 Å². The molecular weight excluding hydrogens is 326 g/mol. The molecule has 2 aliphatic rings. The first-order chi connectivity index (χ1) is 11.6. The zero-order chi connectivity index (χ0) is 16.7. The highest BCUT2D eigenvalue weighted by Gasteiger charge is 2.30. The van der Waals surface area contributed by atoms with E-state index in [1.54, 1.807) is 6.07 Å². The van der Waals surface area contributed by atoms with Crippen LogP contribution in [0.4, 0.5) is 0 Å². The first-order valence-electron chi connectivity index (χ1n) is 8.23. The minimum Gasteiger partial charge on any atom is -0.313 e. The van der Waals surface area contributed by atoms with E-state index in [2.05, 4.69) is 9.97 Å². The maximum Gasteiger partial charge on any atom is 0.254 e. The molecule has 7 heteroatoms. The number of fused-ring (bicyclic) bond motifs is 2.